The molecule has 0 aromatic heterocycles. The number of carbonyl (C=O) groups excluding carboxylic acids is 1. The Hall–Kier alpha value is -2.83. The number of halogens is 3. The third kappa shape index (κ3) is 8.07. The van der Waals surface area contributed by atoms with Gasteiger partial charge in [0.05, 0.1) is 11.7 Å². The van der Waals surface area contributed by atoms with Gasteiger partial charge in [-0.25, -0.2) is 0 Å². The van der Waals surface area contributed by atoms with Gasteiger partial charge >= 0.3 is 6.18 Å². The Labute approximate surface area is 182 Å². The van der Waals surface area contributed by atoms with Gasteiger partial charge in [0.2, 0.25) is 0 Å². The van der Waals surface area contributed by atoms with E-state index in [1.165, 1.54) is 25.3 Å². The fourth-order valence-corrected chi connectivity index (χ4v) is 3.38. The number of ketones is 1. The molecule has 31 heavy (non-hydrogen) atoms. The number of Topliss-reactive ketones (excluding diaryl/α,β-unsaturated/α-hetero) is 1. The summed E-state index contributed by atoms with van der Waals surface area (Å²) in [5, 5.41) is 11.2. The van der Waals surface area contributed by atoms with Crippen molar-refractivity contribution in [1.29, 1.82) is 5.41 Å². The van der Waals surface area contributed by atoms with Gasteiger partial charge in [0.25, 0.3) is 0 Å². The van der Waals surface area contributed by atoms with E-state index in [0.29, 0.717) is 17.6 Å². The molecule has 0 aliphatic rings. The quantitative estimate of drug-likeness (QED) is 0.295. The molecular weight excluding hydrogens is 403 g/mol. The van der Waals surface area contributed by atoms with Crippen LogP contribution < -0.4 is 11.1 Å². The predicted octanol–water partition coefficient (Wildman–Crippen LogP) is 5.99. The number of nitrogens with two attached hydrogens (primary N) is 1. The fraction of sp³-hybridized carbons (Fsp3) is 0.417. The van der Waals surface area contributed by atoms with Crippen LogP contribution in [0, 0.1) is 11.3 Å². The van der Waals surface area contributed by atoms with Gasteiger partial charge in [-0.2, -0.15) is 13.2 Å². The van der Waals surface area contributed by atoms with Crippen molar-refractivity contribution in [2.24, 2.45) is 11.7 Å². The third-order valence-electron chi connectivity index (χ3n) is 5.28. The second-order valence-electron chi connectivity index (χ2n) is 7.73. The monoisotopic (exact) mass is 435 g/mol. The summed E-state index contributed by atoms with van der Waals surface area (Å²) in [5.74, 6) is -2.09. The number of nitrogens with one attached hydrogen (secondary N) is 2. The molecule has 2 atom stereocenters. The van der Waals surface area contributed by atoms with Gasteiger partial charge in [0, 0.05) is 23.9 Å². The zero-order chi connectivity index (χ0) is 23.8. The summed E-state index contributed by atoms with van der Waals surface area (Å²) in [6.07, 6.45) is -2.57. The van der Waals surface area contributed by atoms with Crippen molar-refractivity contribution >= 4 is 11.5 Å². The summed E-state index contributed by atoms with van der Waals surface area (Å²) < 4.78 is 41.4. The molecule has 2 unspecified atom stereocenters. The van der Waals surface area contributed by atoms with Gasteiger partial charge in [-0.05, 0) is 43.7 Å². The number of hydrogen-bond donors (Lipinski definition) is 3. The maximum Gasteiger partial charge on any atom is 0.396 e. The van der Waals surface area contributed by atoms with Crippen molar-refractivity contribution in [1.82, 2.24) is 5.32 Å². The molecule has 1 aromatic rings. The lowest BCUT2D eigenvalue weighted by molar-refractivity contribution is -0.148. The lowest BCUT2D eigenvalue weighted by atomic mass is 9.83. The molecule has 170 valence electrons. The van der Waals surface area contributed by atoms with E-state index in [9.17, 15) is 18.0 Å². The van der Waals surface area contributed by atoms with E-state index in [2.05, 4.69) is 11.9 Å². The molecule has 0 fully saturated rings. The van der Waals surface area contributed by atoms with E-state index in [1.54, 1.807) is 18.2 Å². The van der Waals surface area contributed by atoms with Crippen LogP contribution in [-0.2, 0) is 4.79 Å². The highest BCUT2D eigenvalue weighted by atomic mass is 19.4. The zero-order valence-corrected chi connectivity index (χ0v) is 18.6. The van der Waals surface area contributed by atoms with Crippen molar-refractivity contribution in [3.8, 4) is 0 Å². The Morgan fingerprint density at radius 3 is 2.26 bits per heavy atom. The first-order valence-corrected chi connectivity index (χ1v) is 10.2. The average Bonchev–Trinajstić information content (AvgIpc) is 2.68. The SMILES string of the molecule is C=C(N)N/C=C(\C(C)=O)C(C)C/C(C(=N)CC(c1ccccc1)C(F)(F)F)=C(/C)CC. The lowest BCUT2D eigenvalue weighted by Crippen LogP contribution is -2.25. The minimum Gasteiger partial charge on any atom is -0.386 e. The fourth-order valence-electron chi connectivity index (χ4n) is 3.38. The van der Waals surface area contributed by atoms with E-state index >= 15 is 0 Å². The van der Waals surface area contributed by atoms with Crippen molar-refractivity contribution < 1.29 is 18.0 Å². The summed E-state index contributed by atoms with van der Waals surface area (Å²) in [6, 6.07) is 7.67. The Morgan fingerprint density at radius 2 is 1.81 bits per heavy atom. The van der Waals surface area contributed by atoms with Crippen LogP contribution in [0.3, 0.4) is 0 Å². The van der Waals surface area contributed by atoms with Gasteiger partial charge < -0.3 is 16.5 Å². The van der Waals surface area contributed by atoms with Crippen molar-refractivity contribution in [2.75, 3.05) is 0 Å². The molecule has 0 spiro atoms. The Bertz CT molecular complexity index is 855. The van der Waals surface area contributed by atoms with Crippen molar-refractivity contribution in [2.45, 2.75) is 59.1 Å². The largest absolute Gasteiger partial charge is 0.396 e. The van der Waals surface area contributed by atoms with E-state index in [1.807, 2.05) is 20.8 Å². The number of hydrogen-bond acceptors (Lipinski definition) is 4. The molecule has 0 radical (unpaired) electrons. The molecule has 4 nitrogen and oxygen atoms in total. The first-order chi connectivity index (χ1) is 14.4. The van der Waals surface area contributed by atoms with E-state index in [0.717, 1.165) is 5.57 Å². The van der Waals surface area contributed by atoms with Gasteiger partial charge in [-0.3, -0.25) is 4.79 Å². The summed E-state index contributed by atoms with van der Waals surface area (Å²) in [6.45, 7) is 10.5. The minimum atomic E-state index is -4.47. The highest BCUT2D eigenvalue weighted by Gasteiger charge is 2.41. The third-order valence-corrected chi connectivity index (χ3v) is 5.28. The molecule has 0 heterocycles. The molecule has 0 amide bonds. The predicted molar refractivity (Wildman–Crippen MR) is 120 cm³/mol. The first-order valence-electron chi connectivity index (χ1n) is 10.2. The highest BCUT2D eigenvalue weighted by Crippen LogP contribution is 2.39. The van der Waals surface area contributed by atoms with Crippen LogP contribution in [0.5, 0.6) is 0 Å². The maximum atomic E-state index is 13.8. The number of allylic oxidation sites excluding steroid dienone is 3. The molecule has 4 N–H and O–H groups in total. The average molecular weight is 436 g/mol. The standard InChI is InChI=1S/C24H32F3N3O/c1-6-15(2)20(12-16(3)21(17(4)31)14-30-18(5)28)23(29)13-22(24(25,26)27)19-10-8-7-9-11-19/h7-11,14,16,22,29-30H,5-6,12-13,28H2,1-4H3/b20-15+,21-14-,29-23?. The summed E-state index contributed by atoms with van der Waals surface area (Å²) >= 11 is 0. The van der Waals surface area contributed by atoms with Crippen LogP contribution in [0.25, 0.3) is 0 Å². The molecule has 1 rings (SSSR count). The lowest BCUT2D eigenvalue weighted by Gasteiger charge is -2.24. The van der Waals surface area contributed by atoms with Crippen molar-refractivity contribution in [3.63, 3.8) is 0 Å². The van der Waals surface area contributed by atoms with Crippen LogP contribution in [0.15, 0.2) is 65.7 Å². The summed E-state index contributed by atoms with van der Waals surface area (Å²) in [4.78, 5) is 12.1. The molecule has 0 aliphatic carbocycles. The van der Waals surface area contributed by atoms with Crippen LogP contribution in [0.4, 0.5) is 13.2 Å². The summed E-state index contributed by atoms with van der Waals surface area (Å²) in [5.41, 5.74) is 7.41. The topological polar surface area (TPSA) is 79.0 Å². The van der Waals surface area contributed by atoms with Crippen LogP contribution >= 0.6 is 0 Å². The zero-order valence-electron chi connectivity index (χ0n) is 18.6. The Morgan fingerprint density at radius 1 is 1.23 bits per heavy atom. The number of alkyl halides is 3. The molecule has 0 saturated carbocycles. The van der Waals surface area contributed by atoms with E-state index < -0.39 is 18.5 Å². The molecule has 0 bridgehead atoms. The van der Waals surface area contributed by atoms with Crippen LogP contribution in [0.1, 0.15) is 58.4 Å². The minimum absolute atomic E-state index is 0.0588. The molecule has 0 aliphatic heterocycles. The van der Waals surface area contributed by atoms with Gasteiger partial charge in [0.15, 0.2) is 5.78 Å². The molecule has 7 heteroatoms. The highest BCUT2D eigenvalue weighted by molar-refractivity contribution is 5.99. The van der Waals surface area contributed by atoms with Crippen LogP contribution in [-0.4, -0.2) is 17.7 Å². The van der Waals surface area contributed by atoms with Crippen LogP contribution in [0.2, 0.25) is 0 Å². The second kappa shape index (κ2) is 11.5. The van der Waals surface area contributed by atoms with E-state index in [-0.39, 0.29) is 35.2 Å². The number of rotatable bonds is 11. The van der Waals surface area contributed by atoms with Crippen molar-refractivity contribution in [3.05, 3.63) is 71.2 Å². The summed E-state index contributed by atoms with van der Waals surface area (Å²) in [7, 11) is 0. The van der Waals surface area contributed by atoms with Gasteiger partial charge in [-0.15, -0.1) is 0 Å². The first kappa shape index (κ1) is 26.2. The molecular formula is C24H32F3N3O. The number of carbonyl (C=O) groups is 1. The van der Waals surface area contributed by atoms with Gasteiger partial charge in [-0.1, -0.05) is 56.3 Å². The molecule has 1 aromatic carbocycles. The van der Waals surface area contributed by atoms with E-state index in [4.69, 9.17) is 11.1 Å². The smallest absolute Gasteiger partial charge is 0.386 e. The second-order valence-corrected chi connectivity index (χ2v) is 7.73. The Kier molecular flexibility index (Phi) is 9.75. The maximum absolute atomic E-state index is 13.8. The number of benzene rings is 1. The van der Waals surface area contributed by atoms with Gasteiger partial charge in [0.1, 0.15) is 0 Å². The normalized spacial score (nSPS) is 15.0. The molecule has 0 saturated heterocycles. The Balaban J connectivity index is 3.22.